The average Bonchev–Trinajstić information content (AvgIpc) is 3.07. The zero-order valence-corrected chi connectivity index (χ0v) is 15.8. The van der Waals surface area contributed by atoms with Crippen LogP contribution in [0, 0.1) is 0 Å². The van der Waals surface area contributed by atoms with Gasteiger partial charge >= 0.3 is 5.69 Å². The Labute approximate surface area is 162 Å². The first kappa shape index (κ1) is 18.2. The summed E-state index contributed by atoms with van der Waals surface area (Å²) in [6, 6.07) is 9.05. The highest BCUT2D eigenvalue weighted by molar-refractivity contribution is 5.98. The molecule has 0 saturated carbocycles. The highest BCUT2D eigenvalue weighted by atomic mass is 16.2. The number of piperidine rings is 1. The van der Waals surface area contributed by atoms with Gasteiger partial charge in [-0.25, -0.2) is 14.5 Å². The normalized spacial score (nSPS) is 14.4. The van der Waals surface area contributed by atoms with E-state index in [0.717, 1.165) is 31.7 Å². The van der Waals surface area contributed by atoms with Crippen molar-refractivity contribution in [2.45, 2.75) is 32.2 Å². The minimum atomic E-state index is -0.165. The number of pyridine rings is 2. The Hall–Kier alpha value is -3.16. The van der Waals surface area contributed by atoms with E-state index >= 15 is 0 Å². The maximum Gasteiger partial charge on any atom is 0.350 e. The molecule has 3 aromatic rings. The number of aryl methyl sites for hydroxylation is 1. The largest absolute Gasteiger partial charge is 0.356 e. The zero-order valence-electron chi connectivity index (χ0n) is 15.8. The summed E-state index contributed by atoms with van der Waals surface area (Å²) in [6.45, 7) is 2.79. The van der Waals surface area contributed by atoms with E-state index in [0.29, 0.717) is 30.7 Å². The van der Waals surface area contributed by atoms with Crippen LogP contribution in [0.25, 0.3) is 5.65 Å². The molecule has 8 heteroatoms. The van der Waals surface area contributed by atoms with E-state index in [4.69, 9.17) is 0 Å². The van der Waals surface area contributed by atoms with Crippen molar-refractivity contribution in [1.29, 1.82) is 0 Å². The van der Waals surface area contributed by atoms with Crippen molar-refractivity contribution < 1.29 is 4.79 Å². The van der Waals surface area contributed by atoms with Crippen molar-refractivity contribution in [1.82, 2.24) is 24.5 Å². The first-order chi connectivity index (χ1) is 13.7. The van der Waals surface area contributed by atoms with Crippen molar-refractivity contribution in [2.24, 2.45) is 0 Å². The summed E-state index contributed by atoms with van der Waals surface area (Å²) in [6.07, 6.45) is 7.54. The predicted molar refractivity (Wildman–Crippen MR) is 107 cm³/mol. The Morgan fingerprint density at radius 2 is 1.96 bits per heavy atom. The third-order valence-corrected chi connectivity index (χ3v) is 5.01. The van der Waals surface area contributed by atoms with Crippen LogP contribution in [0.3, 0.4) is 0 Å². The van der Waals surface area contributed by atoms with Crippen molar-refractivity contribution >= 4 is 17.4 Å². The Balaban J connectivity index is 1.36. The van der Waals surface area contributed by atoms with E-state index in [2.05, 4.69) is 20.3 Å². The standard InChI is InChI=1S/C20H24N6O2/c27-19(16-8-6-10-21-18(16)24-12-3-1-4-13-24)22-11-7-15-26-20(28)25-14-5-2-9-17(25)23-26/h2,5-6,8-10,14H,1,3-4,7,11-13,15H2,(H,22,27). The summed E-state index contributed by atoms with van der Waals surface area (Å²) in [7, 11) is 0. The van der Waals surface area contributed by atoms with Crippen molar-refractivity contribution in [3.8, 4) is 0 Å². The fourth-order valence-corrected chi connectivity index (χ4v) is 3.57. The van der Waals surface area contributed by atoms with Gasteiger partial charge in [-0.2, -0.15) is 0 Å². The first-order valence-corrected chi connectivity index (χ1v) is 9.76. The van der Waals surface area contributed by atoms with Crippen LogP contribution < -0.4 is 15.9 Å². The highest BCUT2D eigenvalue weighted by Gasteiger charge is 2.19. The second-order valence-corrected chi connectivity index (χ2v) is 6.97. The molecule has 3 aromatic heterocycles. The number of nitrogens with zero attached hydrogens (tertiary/aromatic N) is 5. The van der Waals surface area contributed by atoms with Crippen LogP contribution in [0.1, 0.15) is 36.0 Å². The minimum Gasteiger partial charge on any atom is -0.356 e. The molecule has 1 amide bonds. The van der Waals surface area contributed by atoms with Crippen LogP contribution in [0.4, 0.5) is 5.82 Å². The molecule has 28 heavy (non-hydrogen) atoms. The van der Waals surface area contributed by atoms with Crippen LogP contribution >= 0.6 is 0 Å². The molecule has 4 rings (SSSR count). The smallest absolute Gasteiger partial charge is 0.350 e. The molecule has 4 heterocycles. The maximum absolute atomic E-state index is 12.7. The number of amides is 1. The number of rotatable bonds is 6. The zero-order chi connectivity index (χ0) is 19.3. The molecule has 0 aromatic carbocycles. The average molecular weight is 380 g/mol. The molecule has 0 spiro atoms. The van der Waals surface area contributed by atoms with E-state index < -0.39 is 0 Å². The van der Waals surface area contributed by atoms with Gasteiger partial charge in [0.2, 0.25) is 0 Å². The van der Waals surface area contributed by atoms with Gasteiger partial charge in [0.25, 0.3) is 5.91 Å². The van der Waals surface area contributed by atoms with Crippen LogP contribution in [0.15, 0.2) is 47.5 Å². The molecule has 146 valence electrons. The van der Waals surface area contributed by atoms with Crippen LogP contribution in [0.5, 0.6) is 0 Å². The summed E-state index contributed by atoms with van der Waals surface area (Å²) < 4.78 is 2.95. The summed E-state index contributed by atoms with van der Waals surface area (Å²) in [5.74, 6) is 0.632. The van der Waals surface area contributed by atoms with Gasteiger partial charge in [0.1, 0.15) is 5.82 Å². The molecule has 0 atom stereocenters. The van der Waals surface area contributed by atoms with Gasteiger partial charge in [0, 0.05) is 38.6 Å². The van der Waals surface area contributed by atoms with E-state index in [-0.39, 0.29) is 11.6 Å². The Kier molecular flexibility index (Phi) is 5.36. The third kappa shape index (κ3) is 3.76. The number of nitrogens with one attached hydrogen (secondary N) is 1. The fraction of sp³-hybridized carbons (Fsp3) is 0.400. The quantitative estimate of drug-likeness (QED) is 0.658. The Bertz CT molecular complexity index is 1020. The molecule has 1 aliphatic heterocycles. The molecule has 0 unspecified atom stereocenters. The molecule has 8 nitrogen and oxygen atoms in total. The van der Waals surface area contributed by atoms with Crippen LogP contribution in [-0.4, -0.2) is 44.7 Å². The predicted octanol–water partition coefficient (Wildman–Crippen LogP) is 1.70. The molecule has 0 aliphatic carbocycles. The van der Waals surface area contributed by atoms with Crippen molar-refractivity contribution in [3.63, 3.8) is 0 Å². The highest BCUT2D eigenvalue weighted by Crippen LogP contribution is 2.21. The summed E-state index contributed by atoms with van der Waals surface area (Å²) in [4.78, 5) is 31.6. The van der Waals surface area contributed by atoms with Gasteiger partial charge < -0.3 is 10.2 Å². The van der Waals surface area contributed by atoms with Crippen molar-refractivity contribution in [3.05, 3.63) is 58.8 Å². The lowest BCUT2D eigenvalue weighted by molar-refractivity contribution is 0.0952. The molecular weight excluding hydrogens is 356 g/mol. The number of hydrogen-bond donors (Lipinski definition) is 1. The number of fused-ring (bicyclic) bond motifs is 1. The van der Waals surface area contributed by atoms with Crippen LogP contribution in [-0.2, 0) is 6.54 Å². The van der Waals surface area contributed by atoms with Gasteiger partial charge in [0.05, 0.1) is 5.56 Å². The second kappa shape index (κ2) is 8.24. The van der Waals surface area contributed by atoms with Gasteiger partial charge in [0.15, 0.2) is 5.65 Å². The second-order valence-electron chi connectivity index (χ2n) is 6.97. The first-order valence-electron chi connectivity index (χ1n) is 9.76. The molecule has 0 bridgehead atoms. The fourth-order valence-electron chi connectivity index (χ4n) is 3.57. The number of aromatic nitrogens is 4. The van der Waals surface area contributed by atoms with E-state index in [9.17, 15) is 9.59 Å². The SMILES string of the molecule is O=C(NCCCn1nc2ccccn2c1=O)c1cccnc1N1CCCCC1. The van der Waals surface area contributed by atoms with E-state index in [1.807, 2.05) is 12.1 Å². The lowest BCUT2D eigenvalue weighted by Gasteiger charge is -2.29. The molecule has 1 fully saturated rings. The minimum absolute atomic E-state index is 0.129. The van der Waals surface area contributed by atoms with Crippen LogP contribution in [0.2, 0.25) is 0 Å². The van der Waals surface area contributed by atoms with E-state index in [1.54, 1.807) is 30.6 Å². The lowest BCUT2D eigenvalue weighted by Crippen LogP contribution is -2.34. The molecule has 1 N–H and O–H groups in total. The maximum atomic E-state index is 12.7. The van der Waals surface area contributed by atoms with Gasteiger partial charge in [-0.15, -0.1) is 5.10 Å². The van der Waals surface area contributed by atoms with Crippen molar-refractivity contribution in [2.75, 3.05) is 24.5 Å². The molecule has 1 aliphatic rings. The van der Waals surface area contributed by atoms with Gasteiger partial charge in [-0.05, 0) is 49.9 Å². The summed E-state index contributed by atoms with van der Waals surface area (Å²) >= 11 is 0. The van der Waals surface area contributed by atoms with E-state index in [1.165, 1.54) is 15.5 Å². The third-order valence-electron chi connectivity index (χ3n) is 5.01. The topological polar surface area (TPSA) is 84.5 Å². The van der Waals surface area contributed by atoms with Gasteiger partial charge in [-0.3, -0.25) is 9.20 Å². The lowest BCUT2D eigenvalue weighted by atomic mass is 10.1. The monoisotopic (exact) mass is 380 g/mol. The number of hydrogen-bond acceptors (Lipinski definition) is 5. The molecule has 1 saturated heterocycles. The Morgan fingerprint density at radius 3 is 2.79 bits per heavy atom. The summed E-state index contributed by atoms with van der Waals surface area (Å²) in [5.41, 5.74) is 1.06. The molecule has 0 radical (unpaired) electrons. The Morgan fingerprint density at radius 1 is 1.11 bits per heavy atom. The summed E-state index contributed by atoms with van der Waals surface area (Å²) in [5, 5.41) is 7.25. The number of carbonyl (C=O) groups excluding carboxylic acids is 1. The van der Waals surface area contributed by atoms with Gasteiger partial charge in [-0.1, -0.05) is 6.07 Å². The molecular formula is C20H24N6O2. The number of carbonyl (C=O) groups is 1. The number of anilines is 1.